The fourth-order valence-corrected chi connectivity index (χ4v) is 12.2. The standard InChI is InChI=1S/C10H16S2Se2/c1-2-14-10(4-8-6-12-8)9(13-1)3-7-5-11-7/h7-10H,1-6H2. The van der Waals surface area contributed by atoms with Gasteiger partial charge < -0.3 is 0 Å². The Morgan fingerprint density at radius 1 is 0.857 bits per heavy atom. The van der Waals surface area contributed by atoms with Crippen molar-refractivity contribution in [3.8, 4) is 0 Å². The molecule has 4 unspecified atom stereocenters. The van der Waals surface area contributed by atoms with Crippen LogP contribution in [0.5, 0.6) is 0 Å². The number of rotatable bonds is 4. The number of hydrogen-bond acceptors (Lipinski definition) is 2. The first kappa shape index (κ1) is 10.9. The normalized spacial score (nSPS) is 46.3. The molecule has 14 heavy (non-hydrogen) atoms. The van der Waals surface area contributed by atoms with Gasteiger partial charge in [-0.2, -0.15) is 0 Å². The van der Waals surface area contributed by atoms with E-state index in [4.69, 9.17) is 0 Å². The van der Waals surface area contributed by atoms with Crippen molar-refractivity contribution < 1.29 is 0 Å². The minimum atomic E-state index is 1.02. The Kier molecular flexibility index (Phi) is 3.83. The van der Waals surface area contributed by atoms with Gasteiger partial charge in [0.25, 0.3) is 0 Å². The number of thioether (sulfide) groups is 2. The van der Waals surface area contributed by atoms with Crippen LogP contribution in [0, 0.1) is 0 Å². The average molecular weight is 358 g/mol. The molecular weight excluding hydrogens is 342 g/mol. The fraction of sp³-hybridized carbons (Fsp3) is 1.00. The van der Waals surface area contributed by atoms with Gasteiger partial charge in [-0.05, 0) is 0 Å². The SMILES string of the molecule is C1C[Se]C(CC2CS2)C(CC2CS2)[Se]1. The first-order valence-corrected chi connectivity index (χ1v) is 11.9. The summed E-state index contributed by atoms with van der Waals surface area (Å²) >= 11 is 6.46. The molecule has 3 rings (SSSR count). The quantitative estimate of drug-likeness (QED) is 0.560. The van der Waals surface area contributed by atoms with E-state index in [1.54, 1.807) is 23.5 Å². The molecule has 0 aromatic heterocycles. The molecule has 0 spiro atoms. The van der Waals surface area contributed by atoms with E-state index in [9.17, 15) is 0 Å². The predicted molar refractivity (Wildman–Crippen MR) is 70.3 cm³/mol. The molecule has 0 bridgehead atoms. The molecule has 0 nitrogen and oxygen atoms in total. The molecule has 3 heterocycles. The summed E-state index contributed by atoms with van der Waals surface area (Å²) in [6.07, 6.45) is 3.21. The van der Waals surface area contributed by atoms with Gasteiger partial charge >= 0.3 is 109 Å². The topological polar surface area (TPSA) is 0 Å². The molecule has 0 N–H and O–H groups in total. The molecule has 3 saturated heterocycles. The Labute approximate surface area is 108 Å². The maximum absolute atomic E-state index is 2.21. The van der Waals surface area contributed by atoms with Crippen LogP contribution >= 0.6 is 23.5 Å². The van der Waals surface area contributed by atoms with Crippen molar-refractivity contribution >= 4 is 53.4 Å². The van der Waals surface area contributed by atoms with Gasteiger partial charge in [-0.15, -0.1) is 0 Å². The summed E-state index contributed by atoms with van der Waals surface area (Å²) in [5.74, 6) is 2.98. The Balaban J connectivity index is 1.52. The van der Waals surface area contributed by atoms with Crippen molar-refractivity contribution in [2.24, 2.45) is 0 Å². The van der Waals surface area contributed by atoms with Gasteiger partial charge in [-0.25, -0.2) is 0 Å². The first-order valence-electron chi connectivity index (χ1n) is 5.38. The summed E-state index contributed by atoms with van der Waals surface area (Å²) in [6, 6.07) is 0. The molecule has 0 radical (unpaired) electrons. The summed E-state index contributed by atoms with van der Waals surface area (Å²) in [4.78, 5) is 2.41. The molecule has 0 aliphatic carbocycles. The zero-order chi connectivity index (χ0) is 9.38. The fourth-order valence-electron chi connectivity index (χ4n) is 1.98. The van der Waals surface area contributed by atoms with E-state index < -0.39 is 0 Å². The second-order valence-electron chi connectivity index (χ2n) is 4.20. The second kappa shape index (κ2) is 4.94. The average Bonchev–Trinajstić information content (AvgIpc) is 3.01. The van der Waals surface area contributed by atoms with Crippen LogP contribution in [0.4, 0.5) is 0 Å². The van der Waals surface area contributed by atoms with Gasteiger partial charge in [0, 0.05) is 0 Å². The van der Waals surface area contributed by atoms with E-state index in [0.29, 0.717) is 0 Å². The second-order valence-corrected chi connectivity index (χ2v) is 12.5. The maximum atomic E-state index is 2.21. The first-order chi connectivity index (χ1) is 6.92. The Hall–Kier alpha value is 1.74. The summed E-state index contributed by atoms with van der Waals surface area (Å²) in [6.45, 7) is 0. The zero-order valence-corrected chi connectivity index (χ0v) is 13.2. The van der Waals surface area contributed by atoms with Gasteiger partial charge in [-0.1, -0.05) is 0 Å². The van der Waals surface area contributed by atoms with E-state index in [0.717, 1.165) is 40.4 Å². The van der Waals surface area contributed by atoms with E-state index in [1.165, 1.54) is 21.1 Å². The van der Waals surface area contributed by atoms with Crippen LogP contribution in [0.25, 0.3) is 0 Å². The third-order valence-corrected chi connectivity index (χ3v) is 13.0. The Bertz CT molecular complexity index is 182. The summed E-state index contributed by atoms with van der Waals surface area (Å²) in [5.41, 5.74) is 0. The van der Waals surface area contributed by atoms with Crippen molar-refractivity contribution in [1.29, 1.82) is 0 Å². The van der Waals surface area contributed by atoms with Crippen molar-refractivity contribution in [2.75, 3.05) is 11.5 Å². The van der Waals surface area contributed by atoms with E-state index in [-0.39, 0.29) is 0 Å². The zero-order valence-electron chi connectivity index (χ0n) is 8.19. The van der Waals surface area contributed by atoms with Crippen molar-refractivity contribution in [2.45, 2.75) is 43.6 Å². The summed E-state index contributed by atoms with van der Waals surface area (Å²) < 4.78 is 0. The molecular formula is C10H16S2Se2. The Morgan fingerprint density at radius 3 is 1.64 bits per heavy atom. The molecule has 0 aromatic carbocycles. The molecule has 4 heteroatoms. The molecule has 0 aromatic rings. The van der Waals surface area contributed by atoms with Crippen LogP contribution in [-0.4, -0.2) is 51.9 Å². The third-order valence-electron chi connectivity index (χ3n) is 2.96. The van der Waals surface area contributed by atoms with E-state index >= 15 is 0 Å². The van der Waals surface area contributed by atoms with Crippen molar-refractivity contribution in [1.82, 2.24) is 0 Å². The van der Waals surface area contributed by atoms with Crippen LogP contribution in [0.15, 0.2) is 0 Å². The molecule has 3 aliphatic rings. The summed E-state index contributed by atoms with van der Waals surface area (Å²) in [7, 11) is 0. The molecule has 3 aliphatic heterocycles. The van der Waals surface area contributed by atoms with Gasteiger partial charge in [0.05, 0.1) is 0 Å². The van der Waals surface area contributed by atoms with Gasteiger partial charge in [0.2, 0.25) is 0 Å². The van der Waals surface area contributed by atoms with Gasteiger partial charge in [0.1, 0.15) is 0 Å². The van der Waals surface area contributed by atoms with Crippen LogP contribution in [0.3, 0.4) is 0 Å². The molecule has 0 saturated carbocycles. The van der Waals surface area contributed by atoms with Crippen molar-refractivity contribution in [3.63, 3.8) is 0 Å². The van der Waals surface area contributed by atoms with Crippen molar-refractivity contribution in [3.05, 3.63) is 0 Å². The van der Waals surface area contributed by atoms with Crippen LogP contribution < -0.4 is 0 Å². The molecule has 4 atom stereocenters. The molecule has 80 valence electrons. The minimum absolute atomic E-state index is 1.02. The van der Waals surface area contributed by atoms with E-state index in [2.05, 4.69) is 23.5 Å². The third kappa shape index (κ3) is 3.12. The molecule has 0 amide bonds. The van der Waals surface area contributed by atoms with Gasteiger partial charge in [0.15, 0.2) is 0 Å². The number of hydrogen-bond donors (Lipinski definition) is 0. The van der Waals surface area contributed by atoms with Crippen LogP contribution in [0.1, 0.15) is 12.8 Å². The van der Waals surface area contributed by atoms with Gasteiger partial charge in [-0.3, -0.25) is 0 Å². The van der Waals surface area contributed by atoms with E-state index in [1.807, 2.05) is 0 Å². The Morgan fingerprint density at radius 2 is 1.29 bits per heavy atom. The monoisotopic (exact) mass is 360 g/mol. The predicted octanol–water partition coefficient (Wildman–Crippen LogP) is 2.83. The van der Waals surface area contributed by atoms with Crippen LogP contribution in [-0.2, 0) is 0 Å². The van der Waals surface area contributed by atoms with Crippen LogP contribution in [0.2, 0.25) is 20.3 Å². The molecule has 3 fully saturated rings. The summed E-state index contributed by atoms with van der Waals surface area (Å²) in [5, 5.41) is 5.43.